The Morgan fingerprint density at radius 3 is 2.57 bits per heavy atom. The van der Waals surface area contributed by atoms with Crippen molar-refractivity contribution in [1.82, 2.24) is 4.98 Å². The lowest BCUT2D eigenvalue weighted by atomic mass is 10.0. The van der Waals surface area contributed by atoms with Gasteiger partial charge in [-0.15, -0.1) is 11.3 Å². The van der Waals surface area contributed by atoms with Crippen LogP contribution in [0.3, 0.4) is 0 Å². The first kappa shape index (κ1) is 25.1. The van der Waals surface area contributed by atoms with Crippen LogP contribution in [0.5, 0.6) is 5.75 Å². The zero-order chi connectivity index (χ0) is 25.4. The van der Waals surface area contributed by atoms with Gasteiger partial charge in [-0.3, -0.25) is 25.0 Å². The van der Waals surface area contributed by atoms with E-state index in [-0.39, 0.29) is 22.6 Å². The molecule has 2 amide bonds. The van der Waals surface area contributed by atoms with Crippen molar-refractivity contribution in [3.63, 3.8) is 0 Å². The number of anilines is 2. The van der Waals surface area contributed by atoms with E-state index in [9.17, 15) is 25.0 Å². The van der Waals surface area contributed by atoms with Crippen LogP contribution < -0.4 is 15.4 Å². The van der Waals surface area contributed by atoms with Gasteiger partial charge in [-0.25, -0.2) is 4.98 Å². The van der Waals surface area contributed by atoms with Gasteiger partial charge in [-0.05, 0) is 35.8 Å². The Morgan fingerprint density at radius 2 is 1.97 bits per heavy atom. The predicted octanol–water partition coefficient (Wildman–Crippen LogP) is 4.74. The molecule has 0 aliphatic rings. The molecule has 0 aliphatic heterocycles. The lowest BCUT2D eigenvalue weighted by molar-refractivity contribution is -0.384. The summed E-state index contributed by atoms with van der Waals surface area (Å²) in [5, 5.41) is 28.1. The normalized spacial score (nSPS) is 11.0. The second-order valence-electron chi connectivity index (χ2n) is 7.55. The summed E-state index contributed by atoms with van der Waals surface area (Å²) in [6.07, 6.45) is 2.71. The Kier molecular flexibility index (Phi) is 8.26. The van der Waals surface area contributed by atoms with Crippen molar-refractivity contribution in [2.75, 3.05) is 17.2 Å². The average Bonchev–Trinajstić information content (AvgIpc) is 3.34. The van der Waals surface area contributed by atoms with Gasteiger partial charge in [0.1, 0.15) is 17.4 Å². The number of hydrogen-bond acceptors (Lipinski definition) is 8. The number of ether oxygens (including phenoxy) is 1. The number of carbonyl (C=O) groups excluding carboxylic acids is 2. The number of amides is 2. The molecule has 0 saturated carbocycles. The third kappa shape index (κ3) is 6.96. The molecular weight excluding hydrogens is 470 g/mol. The minimum atomic E-state index is -0.691. The molecule has 35 heavy (non-hydrogen) atoms. The molecule has 178 valence electrons. The van der Waals surface area contributed by atoms with Crippen LogP contribution in [0, 0.1) is 21.4 Å². The molecule has 1 heterocycles. The molecule has 3 aromatic rings. The van der Waals surface area contributed by atoms with Crippen LogP contribution in [0.4, 0.5) is 16.5 Å². The first-order valence-electron chi connectivity index (χ1n) is 10.4. The quantitative estimate of drug-likeness (QED) is 0.190. The summed E-state index contributed by atoms with van der Waals surface area (Å²) < 4.78 is 5.52. The molecule has 0 bridgehead atoms. The van der Waals surface area contributed by atoms with E-state index in [0.29, 0.717) is 16.7 Å². The maximum atomic E-state index is 12.7. The molecule has 10 nitrogen and oxygen atoms in total. The van der Waals surface area contributed by atoms with Gasteiger partial charge >= 0.3 is 0 Å². The van der Waals surface area contributed by atoms with Gasteiger partial charge in [-0.1, -0.05) is 26.0 Å². The van der Waals surface area contributed by atoms with Crippen molar-refractivity contribution in [1.29, 1.82) is 5.26 Å². The molecule has 2 N–H and O–H groups in total. The van der Waals surface area contributed by atoms with Crippen molar-refractivity contribution >= 4 is 45.7 Å². The Morgan fingerprint density at radius 1 is 1.23 bits per heavy atom. The molecule has 2 aromatic carbocycles. The van der Waals surface area contributed by atoms with Crippen molar-refractivity contribution < 1.29 is 19.2 Å². The van der Waals surface area contributed by atoms with Gasteiger partial charge in [0.2, 0.25) is 0 Å². The van der Waals surface area contributed by atoms with Gasteiger partial charge in [-0.2, -0.15) is 5.26 Å². The molecule has 1 aromatic heterocycles. The molecule has 11 heteroatoms. The monoisotopic (exact) mass is 491 g/mol. The largest absolute Gasteiger partial charge is 0.483 e. The minimum absolute atomic E-state index is 0.0896. The number of hydrogen-bond donors (Lipinski definition) is 2. The molecule has 0 atom stereocenters. The molecular formula is C24H21N5O5S. The maximum absolute atomic E-state index is 12.7. The average molecular weight is 492 g/mol. The van der Waals surface area contributed by atoms with Crippen molar-refractivity contribution in [3.8, 4) is 11.8 Å². The van der Waals surface area contributed by atoms with Gasteiger partial charge in [0.25, 0.3) is 17.5 Å². The van der Waals surface area contributed by atoms with Crippen LogP contribution in [0.1, 0.15) is 30.9 Å². The van der Waals surface area contributed by atoms with Crippen LogP contribution in [0.2, 0.25) is 0 Å². The number of nitriles is 1. The SMILES string of the molecule is CC(C)c1ccc(NC(=O)/C(C#N)=C/c2cc([N+](=O)[O-])ccc2OCC(=O)Nc2nccs2)cc1. The van der Waals surface area contributed by atoms with E-state index < -0.39 is 23.3 Å². The lowest BCUT2D eigenvalue weighted by Gasteiger charge is -2.10. The summed E-state index contributed by atoms with van der Waals surface area (Å²) in [5.41, 5.74) is 1.13. The first-order valence-corrected chi connectivity index (χ1v) is 11.3. The number of aromatic nitrogens is 1. The predicted molar refractivity (Wildman–Crippen MR) is 132 cm³/mol. The van der Waals surface area contributed by atoms with E-state index in [1.165, 1.54) is 35.7 Å². The van der Waals surface area contributed by atoms with Crippen LogP contribution in [-0.4, -0.2) is 28.3 Å². The zero-order valence-electron chi connectivity index (χ0n) is 18.8. The van der Waals surface area contributed by atoms with Gasteiger partial charge in [0.15, 0.2) is 11.7 Å². The maximum Gasteiger partial charge on any atom is 0.270 e. The van der Waals surface area contributed by atoms with Gasteiger partial charge < -0.3 is 10.1 Å². The van der Waals surface area contributed by atoms with Crippen molar-refractivity contribution in [3.05, 3.63) is 80.9 Å². The summed E-state index contributed by atoms with van der Waals surface area (Å²) in [6.45, 7) is 3.69. The number of carbonyl (C=O) groups is 2. The standard InChI is InChI=1S/C24H21N5O5S/c1-15(2)16-3-5-19(6-4-16)27-23(31)18(13-25)11-17-12-20(29(32)33)7-8-21(17)34-14-22(30)28-24-26-9-10-35-24/h3-12,15H,14H2,1-2H3,(H,27,31)(H,26,28,30)/b18-11+. The van der Waals surface area contributed by atoms with E-state index in [0.717, 1.165) is 11.6 Å². The van der Waals surface area contributed by atoms with Crippen LogP contribution in [0.15, 0.2) is 59.6 Å². The first-order chi connectivity index (χ1) is 16.8. The van der Waals surface area contributed by atoms with E-state index in [1.54, 1.807) is 17.5 Å². The highest BCUT2D eigenvalue weighted by Gasteiger charge is 2.16. The second-order valence-corrected chi connectivity index (χ2v) is 8.45. The number of nitro groups is 1. The fourth-order valence-electron chi connectivity index (χ4n) is 2.93. The number of benzene rings is 2. The number of nitrogens with one attached hydrogen (secondary N) is 2. The number of nitro benzene ring substituents is 1. The van der Waals surface area contributed by atoms with Gasteiger partial charge in [0.05, 0.1) is 4.92 Å². The molecule has 0 radical (unpaired) electrons. The zero-order valence-corrected chi connectivity index (χ0v) is 19.7. The topological polar surface area (TPSA) is 147 Å². The summed E-state index contributed by atoms with van der Waals surface area (Å²) in [7, 11) is 0. The fraction of sp³-hybridized carbons (Fsp3) is 0.167. The van der Waals surface area contributed by atoms with E-state index in [2.05, 4.69) is 15.6 Å². The molecule has 0 fully saturated rings. The van der Waals surface area contributed by atoms with E-state index >= 15 is 0 Å². The number of non-ortho nitro benzene ring substituents is 1. The van der Waals surface area contributed by atoms with Gasteiger partial charge in [0, 0.05) is 35.0 Å². The van der Waals surface area contributed by atoms with Crippen LogP contribution in [0.25, 0.3) is 6.08 Å². The van der Waals surface area contributed by atoms with Crippen molar-refractivity contribution in [2.45, 2.75) is 19.8 Å². The number of rotatable bonds is 9. The lowest BCUT2D eigenvalue weighted by Crippen LogP contribution is -2.20. The Balaban J connectivity index is 1.81. The minimum Gasteiger partial charge on any atom is -0.483 e. The van der Waals surface area contributed by atoms with Crippen LogP contribution in [-0.2, 0) is 9.59 Å². The smallest absolute Gasteiger partial charge is 0.270 e. The van der Waals surface area contributed by atoms with E-state index in [1.807, 2.05) is 32.0 Å². The van der Waals surface area contributed by atoms with E-state index in [4.69, 9.17) is 4.74 Å². The molecule has 0 spiro atoms. The second kappa shape index (κ2) is 11.5. The summed E-state index contributed by atoms with van der Waals surface area (Å²) in [6, 6.07) is 12.7. The highest BCUT2D eigenvalue weighted by molar-refractivity contribution is 7.13. The van der Waals surface area contributed by atoms with Crippen molar-refractivity contribution in [2.24, 2.45) is 0 Å². The number of thiazole rings is 1. The molecule has 0 unspecified atom stereocenters. The summed E-state index contributed by atoms with van der Waals surface area (Å²) in [5.74, 6) is -0.767. The summed E-state index contributed by atoms with van der Waals surface area (Å²) >= 11 is 1.23. The highest BCUT2D eigenvalue weighted by atomic mass is 32.1. The number of nitrogens with zero attached hydrogens (tertiary/aromatic N) is 3. The Labute approximate surface area is 205 Å². The van der Waals surface area contributed by atoms with Crippen LogP contribution >= 0.6 is 11.3 Å². The third-order valence-electron chi connectivity index (χ3n) is 4.74. The Bertz CT molecular complexity index is 1290. The fourth-order valence-corrected chi connectivity index (χ4v) is 3.48. The Hall–Kier alpha value is -4.56. The molecule has 3 rings (SSSR count). The third-order valence-corrected chi connectivity index (χ3v) is 5.43. The molecule has 0 aliphatic carbocycles. The summed E-state index contributed by atoms with van der Waals surface area (Å²) in [4.78, 5) is 39.4. The molecule has 0 saturated heterocycles. The highest BCUT2D eigenvalue weighted by Crippen LogP contribution is 2.27.